The third kappa shape index (κ3) is 7.26. The van der Waals surface area contributed by atoms with Gasteiger partial charge in [-0.25, -0.2) is 0 Å². The Morgan fingerprint density at radius 2 is 0.651 bits per heavy atom. The van der Waals surface area contributed by atoms with E-state index in [1.165, 1.54) is 177 Å². The Labute approximate surface area is 619 Å². The minimum absolute atomic E-state index is 0.510. The Bertz CT molecular complexity index is 7700. The van der Waals surface area contributed by atoms with Crippen LogP contribution in [0.2, 0.25) is 0 Å². The third-order valence-electron chi connectivity index (χ3n) is 23.9. The minimum Gasteiger partial charge on any atom is -0.454 e. The van der Waals surface area contributed by atoms with E-state index in [1.54, 1.807) is 0 Å². The van der Waals surface area contributed by atoms with Crippen LogP contribution in [0.1, 0.15) is 44.5 Å². The highest BCUT2D eigenvalue weighted by Crippen LogP contribution is 2.64. The van der Waals surface area contributed by atoms with Gasteiger partial charge in [-0.1, -0.05) is 242 Å². The average molecular weight is 1400 g/mol. The van der Waals surface area contributed by atoms with Gasteiger partial charge in [0.1, 0.15) is 5.75 Å². The number of hydrogen-bond acceptors (Lipinski definition) is 4. The monoisotopic (exact) mass is 1400 g/mol. The molecule has 0 radical (unpaired) electrons. The molecule has 0 fully saturated rings. The second-order valence-corrected chi connectivity index (χ2v) is 32.1. The molecule has 10 heterocycles. The number of para-hydroxylation sites is 9. The van der Waals surface area contributed by atoms with Crippen molar-refractivity contribution in [2.45, 2.75) is 20.6 Å². The highest BCUT2D eigenvalue weighted by atomic mass is 32.2. The highest BCUT2D eigenvalue weighted by molar-refractivity contribution is 7.99. The topological polar surface area (TPSA) is 28.9 Å². The van der Waals surface area contributed by atoms with Gasteiger partial charge < -0.3 is 23.0 Å². The van der Waals surface area contributed by atoms with E-state index in [1.807, 2.05) is 34.4 Å². The number of thiophene rings is 2. The van der Waals surface area contributed by atoms with Gasteiger partial charge >= 0.3 is 0 Å². The maximum atomic E-state index is 7.28. The van der Waals surface area contributed by atoms with Crippen molar-refractivity contribution in [1.82, 2.24) is 18.3 Å². The molecule has 0 N–H and O–H groups in total. The molecule has 492 valence electrons. The lowest BCUT2D eigenvalue weighted by atomic mass is 9.61. The summed E-state index contributed by atoms with van der Waals surface area (Å²) in [4.78, 5) is 2.61. The summed E-state index contributed by atoms with van der Waals surface area (Å²) in [5.74, 6) is 1.80. The predicted octanol–water partition coefficient (Wildman–Crippen LogP) is 26.5. The molecule has 0 saturated carbocycles. The smallest absolute Gasteiger partial charge is 0.156 e. The second-order valence-electron chi connectivity index (χ2n) is 28.8. The van der Waals surface area contributed by atoms with Crippen molar-refractivity contribution in [3.05, 3.63) is 384 Å². The Hall–Kier alpha value is -12.7. The third-order valence-corrected chi connectivity index (χ3v) is 27.4. The lowest BCUT2D eigenvalue weighted by molar-refractivity contribution is 0.438. The molecule has 5 nitrogen and oxygen atoms in total. The van der Waals surface area contributed by atoms with Gasteiger partial charge in [0.25, 0.3) is 0 Å². The van der Waals surface area contributed by atoms with Crippen LogP contribution in [0.3, 0.4) is 0 Å². The number of ether oxygens (including phenoxy) is 1. The molecule has 2 atom stereocenters. The predicted molar refractivity (Wildman–Crippen MR) is 444 cm³/mol. The first-order valence-corrected chi connectivity index (χ1v) is 38.8. The van der Waals surface area contributed by atoms with Crippen molar-refractivity contribution in [1.29, 1.82) is 0 Å². The summed E-state index contributed by atoms with van der Waals surface area (Å²) in [6, 6.07) is 127. The number of fused-ring (bicyclic) bond motifs is 35. The van der Waals surface area contributed by atoms with Crippen molar-refractivity contribution in [3.63, 3.8) is 0 Å². The van der Waals surface area contributed by atoms with Crippen molar-refractivity contribution in [2.75, 3.05) is 0 Å². The standard InChI is InChI=1S/C49H28N2OS.C49H28N2S2/c1-6-19-40-31(13-1)34-25-26-39-48(47(34)50(40)29-24-27-45-35(28-29)32-14-3-10-23-44(32)53-45)52-43-22-9-5-17-37(43)49(39)36-16-4-8-21-42(36)51-41-20-7-2-12-30(41)33-15-11-18-38(49)46(33)51;1-7-20-41-30(12-1)33-15-11-18-38-48(33)51(41)42-21-8-4-16-36(42)49(38)37-17-5-10-23-46(37)53-47-28-43-34(27-39(47)49)31-13-2-6-19-40(31)50(43)29-24-25-45-35(26-29)32-14-3-9-22-44(32)52-45/h2*1-28H. The molecule has 26 rings (SSSR count). The molecule has 8 heteroatoms. The lowest BCUT2D eigenvalue weighted by Gasteiger charge is -2.45. The Morgan fingerprint density at radius 3 is 1.25 bits per heavy atom. The number of nitrogens with zero attached hydrogens (tertiary/aromatic N) is 4. The van der Waals surface area contributed by atoms with E-state index in [4.69, 9.17) is 4.74 Å². The van der Waals surface area contributed by atoms with Gasteiger partial charge in [0, 0.05) is 116 Å². The molecule has 6 aromatic heterocycles. The fraction of sp³-hybridized carbons (Fsp3) is 0.0204. The van der Waals surface area contributed by atoms with Crippen LogP contribution < -0.4 is 4.74 Å². The normalized spacial score (nSPS) is 15.8. The summed E-state index contributed by atoms with van der Waals surface area (Å²) in [6.07, 6.45) is 0. The van der Waals surface area contributed by atoms with Crippen molar-refractivity contribution >= 4 is 162 Å². The van der Waals surface area contributed by atoms with Crippen LogP contribution in [0.25, 0.3) is 150 Å². The fourth-order valence-corrected chi connectivity index (χ4v) is 23.2. The van der Waals surface area contributed by atoms with E-state index in [2.05, 4.69) is 358 Å². The van der Waals surface area contributed by atoms with E-state index >= 15 is 0 Å². The quantitative estimate of drug-likeness (QED) is 0.173. The Balaban J connectivity index is 0.000000123. The number of aromatic nitrogens is 4. The molecule has 0 aliphatic carbocycles. The summed E-state index contributed by atoms with van der Waals surface area (Å²) in [6.45, 7) is 0. The first kappa shape index (κ1) is 57.8. The number of benzene rings is 16. The van der Waals surface area contributed by atoms with E-state index in [9.17, 15) is 0 Å². The molecule has 0 saturated heterocycles. The van der Waals surface area contributed by atoms with Crippen molar-refractivity contribution in [3.8, 4) is 34.2 Å². The van der Waals surface area contributed by atoms with Crippen LogP contribution in [0, 0.1) is 0 Å². The number of rotatable bonds is 2. The average Bonchev–Trinajstić information content (AvgIpc) is 1.30. The molecule has 2 spiro atoms. The molecular weight excluding hydrogens is 1350 g/mol. The minimum atomic E-state index is -0.631. The van der Waals surface area contributed by atoms with E-state index in [0.29, 0.717) is 0 Å². The zero-order chi connectivity index (χ0) is 68.8. The molecule has 22 aromatic rings. The van der Waals surface area contributed by atoms with Crippen LogP contribution in [0.4, 0.5) is 0 Å². The molecular formula is C98H56N4OS3. The summed E-state index contributed by atoms with van der Waals surface area (Å²) in [7, 11) is 0. The van der Waals surface area contributed by atoms with Crippen LogP contribution in [-0.4, -0.2) is 18.3 Å². The maximum Gasteiger partial charge on any atom is 0.156 e. The molecule has 16 aromatic carbocycles. The zero-order valence-electron chi connectivity index (χ0n) is 56.8. The van der Waals surface area contributed by atoms with Gasteiger partial charge in [0.2, 0.25) is 0 Å². The molecule has 106 heavy (non-hydrogen) atoms. The van der Waals surface area contributed by atoms with Crippen molar-refractivity contribution < 1.29 is 4.74 Å². The summed E-state index contributed by atoms with van der Waals surface area (Å²) < 4.78 is 22.5. The van der Waals surface area contributed by atoms with Gasteiger partial charge in [0.05, 0.1) is 66.3 Å². The Kier molecular flexibility index (Phi) is 11.5. The largest absolute Gasteiger partial charge is 0.454 e. The molecule has 4 aliphatic rings. The van der Waals surface area contributed by atoms with Gasteiger partial charge in [0.15, 0.2) is 5.75 Å². The van der Waals surface area contributed by atoms with Gasteiger partial charge in [-0.3, -0.25) is 0 Å². The highest BCUT2D eigenvalue weighted by Gasteiger charge is 2.52. The first-order chi connectivity index (χ1) is 52.6. The SMILES string of the molecule is c1ccc2c(c1)Oc1c(ccc3c4ccccc4n(-c4ccc5sc6ccccc6c5c4)c13)C21c2ccccc2-n2c3ccccc3c3cccc1c32.c1ccc2c(c1)Sc1cc3c(cc1C21c2ccccc2-n2c4ccccc4c4cccc1c42)c1ccccc1n3-c1ccc2sc3ccccc3c2c1. The maximum absolute atomic E-state index is 7.28. The fourth-order valence-electron chi connectivity index (χ4n) is 19.9. The van der Waals surface area contributed by atoms with Crippen LogP contribution in [-0.2, 0) is 10.8 Å². The van der Waals surface area contributed by atoms with E-state index < -0.39 is 10.8 Å². The molecule has 0 bridgehead atoms. The van der Waals surface area contributed by atoms with E-state index in [-0.39, 0.29) is 0 Å². The summed E-state index contributed by atoms with van der Waals surface area (Å²) in [5, 5.41) is 15.3. The molecule has 0 amide bonds. The molecule has 4 aliphatic heterocycles. The number of hydrogen-bond donors (Lipinski definition) is 0. The van der Waals surface area contributed by atoms with Gasteiger partial charge in [-0.05, 0) is 143 Å². The van der Waals surface area contributed by atoms with Crippen LogP contribution >= 0.6 is 34.4 Å². The second kappa shape index (κ2) is 21.0. The van der Waals surface area contributed by atoms with Crippen LogP contribution in [0.5, 0.6) is 11.5 Å². The van der Waals surface area contributed by atoms with E-state index in [0.717, 1.165) is 39.3 Å². The lowest BCUT2D eigenvalue weighted by Crippen LogP contribution is -2.37. The Morgan fingerprint density at radius 1 is 0.226 bits per heavy atom. The van der Waals surface area contributed by atoms with Crippen LogP contribution in [0.15, 0.2) is 350 Å². The van der Waals surface area contributed by atoms with Gasteiger partial charge in [-0.15, -0.1) is 22.7 Å². The van der Waals surface area contributed by atoms with Gasteiger partial charge in [-0.2, -0.15) is 0 Å². The summed E-state index contributed by atoms with van der Waals surface area (Å²) in [5.41, 5.74) is 23.6. The molecule has 2 unspecified atom stereocenters. The summed E-state index contributed by atoms with van der Waals surface area (Å²) >= 11 is 5.65. The zero-order valence-corrected chi connectivity index (χ0v) is 59.2. The first-order valence-electron chi connectivity index (χ1n) is 36.4. The van der Waals surface area contributed by atoms with Crippen molar-refractivity contribution in [2.24, 2.45) is 0 Å².